The molecule has 2 aromatic carbocycles. The highest BCUT2D eigenvalue weighted by Gasteiger charge is 2.15. The monoisotopic (exact) mass is 271 g/mol. The predicted molar refractivity (Wildman–Crippen MR) is 76.1 cm³/mol. The molecule has 0 unspecified atom stereocenters. The normalized spacial score (nSPS) is 10.7. The minimum Gasteiger partial charge on any atom is -0.393 e. The number of nitro benzene ring substituents is 1. The number of aromatic nitrogens is 1. The lowest BCUT2D eigenvalue weighted by molar-refractivity contribution is -0.383. The first-order valence-electron chi connectivity index (χ1n) is 5.55. The maximum atomic E-state index is 10.9. The lowest BCUT2D eigenvalue weighted by Crippen LogP contribution is -1.95. The number of rotatable bonds is 2. The van der Waals surface area contributed by atoms with Gasteiger partial charge in [-0.25, -0.2) is 0 Å². The number of nitro groups is 1. The van der Waals surface area contributed by atoms with E-state index in [1.807, 2.05) is 24.3 Å². The van der Waals surface area contributed by atoms with E-state index in [4.69, 9.17) is 5.73 Å². The zero-order chi connectivity index (χ0) is 13.4. The van der Waals surface area contributed by atoms with Gasteiger partial charge in [0.15, 0.2) is 0 Å². The van der Waals surface area contributed by atoms with E-state index in [2.05, 4.69) is 4.37 Å². The second-order valence-corrected chi connectivity index (χ2v) is 4.83. The van der Waals surface area contributed by atoms with Crippen molar-refractivity contribution in [1.29, 1.82) is 0 Å². The molecule has 94 valence electrons. The van der Waals surface area contributed by atoms with Crippen LogP contribution in [0.3, 0.4) is 0 Å². The van der Waals surface area contributed by atoms with E-state index in [0.717, 1.165) is 21.3 Å². The van der Waals surface area contributed by atoms with Crippen LogP contribution in [0.2, 0.25) is 0 Å². The molecule has 6 heteroatoms. The molecule has 0 fully saturated rings. The number of hydrogen-bond donors (Lipinski definition) is 1. The summed E-state index contributed by atoms with van der Waals surface area (Å²) in [7, 11) is 0. The standard InChI is InChI=1S/C13H9N3O2S/c14-10-6-5-8(7-12(10)16(17)18)13-9-3-1-2-4-11(9)15-19-13/h1-7H,14H2. The van der Waals surface area contributed by atoms with Gasteiger partial charge in [-0.3, -0.25) is 10.1 Å². The third-order valence-electron chi connectivity index (χ3n) is 2.87. The summed E-state index contributed by atoms with van der Waals surface area (Å²) in [5, 5.41) is 11.9. The second kappa shape index (κ2) is 4.33. The van der Waals surface area contributed by atoms with Gasteiger partial charge in [0.1, 0.15) is 5.69 Å². The minimum absolute atomic E-state index is 0.0741. The average molecular weight is 271 g/mol. The molecule has 19 heavy (non-hydrogen) atoms. The van der Waals surface area contributed by atoms with Crippen molar-refractivity contribution in [2.45, 2.75) is 0 Å². The van der Waals surface area contributed by atoms with Gasteiger partial charge in [-0.15, -0.1) is 0 Å². The summed E-state index contributed by atoms with van der Waals surface area (Å²) in [6.45, 7) is 0. The molecule has 0 aliphatic rings. The Morgan fingerprint density at radius 1 is 1.21 bits per heavy atom. The Morgan fingerprint density at radius 3 is 2.79 bits per heavy atom. The summed E-state index contributed by atoms with van der Waals surface area (Å²) in [4.78, 5) is 11.4. The SMILES string of the molecule is Nc1ccc(-c2snc3ccccc23)cc1[N+](=O)[O-]. The van der Waals surface area contributed by atoms with Crippen LogP contribution in [0.15, 0.2) is 42.5 Å². The molecule has 0 spiro atoms. The molecule has 0 radical (unpaired) electrons. The topological polar surface area (TPSA) is 82.0 Å². The second-order valence-electron chi connectivity index (χ2n) is 4.06. The van der Waals surface area contributed by atoms with E-state index < -0.39 is 4.92 Å². The molecule has 0 saturated carbocycles. The highest BCUT2D eigenvalue weighted by Crippen LogP contribution is 2.35. The van der Waals surface area contributed by atoms with Gasteiger partial charge in [-0.2, -0.15) is 4.37 Å². The van der Waals surface area contributed by atoms with Crippen LogP contribution in [0.25, 0.3) is 21.3 Å². The first-order valence-corrected chi connectivity index (χ1v) is 6.33. The molecule has 5 nitrogen and oxygen atoms in total. The van der Waals surface area contributed by atoms with Crippen molar-refractivity contribution in [3.8, 4) is 10.4 Å². The zero-order valence-electron chi connectivity index (χ0n) is 9.74. The number of nitrogens with zero attached hydrogens (tertiary/aromatic N) is 2. The van der Waals surface area contributed by atoms with Gasteiger partial charge in [0.25, 0.3) is 5.69 Å². The molecule has 0 saturated heterocycles. The Labute approximate surface area is 112 Å². The molecule has 3 aromatic rings. The number of benzene rings is 2. The molecule has 0 atom stereocenters. The van der Waals surface area contributed by atoms with E-state index >= 15 is 0 Å². The van der Waals surface area contributed by atoms with Crippen LogP contribution in [-0.2, 0) is 0 Å². The lowest BCUT2D eigenvalue weighted by atomic mass is 10.1. The fourth-order valence-electron chi connectivity index (χ4n) is 1.94. The molecule has 0 aliphatic carbocycles. The molecular weight excluding hydrogens is 262 g/mol. The van der Waals surface area contributed by atoms with E-state index in [0.29, 0.717) is 0 Å². The molecule has 0 bridgehead atoms. The van der Waals surface area contributed by atoms with Crippen molar-refractivity contribution < 1.29 is 4.92 Å². The fourth-order valence-corrected chi connectivity index (χ4v) is 2.79. The smallest absolute Gasteiger partial charge is 0.292 e. The third kappa shape index (κ3) is 1.92. The van der Waals surface area contributed by atoms with Crippen molar-refractivity contribution in [1.82, 2.24) is 4.37 Å². The van der Waals surface area contributed by atoms with Crippen LogP contribution in [0.1, 0.15) is 0 Å². The van der Waals surface area contributed by atoms with Crippen LogP contribution >= 0.6 is 11.5 Å². The Bertz CT molecular complexity index is 782. The molecular formula is C13H9N3O2S. The van der Waals surface area contributed by atoms with Crippen molar-refractivity contribution in [2.75, 3.05) is 5.73 Å². The molecule has 2 N–H and O–H groups in total. The fraction of sp³-hybridized carbons (Fsp3) is 0. The number of hydrogen-bond acceptors (Lipinski definition) is 5. The Balaban J connectivity index is 2.22. The van der Waals surface area contributed by atoms with Crippen LogP contribution < -0.4 is 5.73 Å². The van der Waals surface area contributed by atoms with Gasteiger partial charge in [-0.05, 0) is 23.7 Å². The first-order chi connectivity index (χ1) is 9.16. The van der Waals surface area contributed by atoms with Gasteiger partial charge in [0.05, 0.1) is 15.3 Å². The summed E-state index contributed by atoms with van der Waals surface area (Å²) >= 11 is 1.33. The van der Waals surface area contributed by atoms with Gasteiger partial charge in [0, 0.05) is 17.0 Å². The van der Waals surface area contributed by atoms with Crippen molar-refractivity contribution in [3.05, 3.63) is 52.6 Å². The van der Waals surface area contributed by atoms with Crippen LogP contribution in [0.5, 0.6) is 0 Å². The Morgan fingerprint density at radius 2 is 2.00 bits per heavy atom. The van der Waals surface area contributed by atoms with Crippen LogP contribution in [0.4, 0.5) is 11.4 Å². The largest absolute Gasteiger partial charge is 0.393 e. The van der Waals surface area contributed by atoms with Gasteiger partial charge in [-0.1, -0.05) is 24.3 Å². The summed E-state index contributed by atoms with van der Waals surface area (Å²) in [6.07, 6.45) is 0. The minimum atomic E-state index is -0.470. The molecule has 0 aliphatic heterocycles. The molecule has 1 heterocycles. The van der Waals surface area contributed by atoms with E-state index in [1.54, 1.807) is 12.1 Å². The van der Waals surface area contributed by atoms with Gasteiger partial charge in [0.2, 0.25) is 0 Å². The van der Waals surface area contributed by atoms with E-state index in [9.17, 15) is 10.1 Å². The maximum absolute atomic E-state index is 10.9. The summed E-state index contributed by atoms with van der Waals surface area (Å²) in [5.74, 6) is 0. The average Bonchev–Trinajstić information content (AvgIpc) is 2.83. The quantitative estimate of drug-likeness (QED) is 0.439. The lowest BCUT2D eigenvalue weighted by Gasteiger charge is -2.01. The Hall–Kier alpha value is -2.47. The molecule has 1 aromatic heterocycles. The van der Waals surface area contributed by atoms with Crippen LogP contribution in [0, 0.1) is 10.1 Å². The summed E-state index contributed by atoms with van der Waals surface area (Å²) in [6, 6.07) is 12.5. The van der Waals surface area contributed by atoms with Crippen LogP contribution in [-0.4, -0.2) is 9.30 Å². The number of anilines is 1. The number of nitrogens with two attached hydrogens (primary N) is 1. The Kier molecular flexibility index (Phi) is 2.64. The maximum Gasteiger partial charge on any atom is 0.292 e. The van der Waals surface area contributed by atoms with Crippen molar-refractivity contribution >= 4 is 33.8 Å². The number of nitrogen functional groups attached to an aromatic ring is 1. The molecule has 3 rings (SSSR count). The highest BCUT2D eigenvalue weighted by atomic mass is 32.1. The van der Waals surface area contributed by atoms with Crippen molar-refractivity contribution in [3.63, 3.8) is 0 Å². The first kappa shape index (κ1) is 11.6. The van der Waals surface area contributed by atoms with E-state index in [-0.39, 0.29) is 11.4 Å². The third-order valence-corrected chi connectivity index (χ3v) is 3.80. The van der Waals surface area contributed by atoms with Gasteiger partial charge >= 0.3 is 0 Å². The zero-order valence-corrected chi connectivity index (χ0v) is 10.6. The molecule has 0 amide bonds. The predicted octanol–water partition coefficient (Wildman–Crippen LogP) is 3.45. The highest BCUT2D eigenvalue weighted by molar-refractivity contribution is 7.11. The summed E-state index contributed by atoms with van der Waals surface area (Å²) in [5.41, 5.74) is 7.35. The van der Waals surface area contributed by atoms with Crippen molar-refractivity contribution in [2.24, 2.45) is 0 Å². The number of fused-ring (bicyclic) bond motifs is 1. The van der Waals surface area contributed by atoms with E-state index in [1.165, 1.54) is 17.6 Å². The van der Waals surface area contributed by atoms with Gasteiger partial charge < -0.3 is 5.73 Å². The summed E-state index contributed by atoms with van der Waals surface area (Å²) < 4.78 is 4.33.